The van der Waals surface area contributed by atoms with Gasteiger partial charge in [0.1, 0.15) is 0 Å². The molecule has 1 N–H and O–H groups in total. The number of aryl methyl sites for hydroxylation is 2. The first-order valence-electron chi connectivity index (χ1n) is 7.92. The summed E-state index contributed by atoms with van der Waals surface area (Å²) in [4.78, 5) is 16.7. The number of fused-ring (bicyclic) bond motifs is 1. The van der Waals surface area contributed by atoms with E-state index < -0.39 is 0 Å². The fourth-order valence-electron chi connectivity index (χ4n) is 2.68. The molecule has 0 aliphatic carbocycles. The Morgan fingerprint density at radius 2 is 1.83 bits per heavy atom. The van der Waals surface area contributed by atoms with Gasteiger partial charge in [0.15, 0.2) is 0 Å². The predicted molar refractivity (Wildman–Crippen MR) is 94.5 cm³/mol. The minimum Gasteiger partial charge on any atom is -0.325 e. The number of aromatic nitrogens is 1. The standard InChI is InChI=1S/C20H20N2O/c1-15-13-14-17-18(21-15)10-6-11-19(17)22-20(23)12-5-9-16-7-3-2-4-8-16/h2-4,6-8,10-11,13-14H,5,9,12H2,1H3,(H,22,23). The zero-order valence-electron chi connectivity index (χ0n) is 13.3. The Kier molecular flexibility index (Phi) is 4.67. The molecule has 23 heavy (non-hydrogen) atoms. The van der Waals surface area contributed by atoms with Gasteiger partial charge in [-0.25, -0.2) is 0 Å². The molecule has 3 aromatic rings. The lowest BCUT2D eigenvalue weighted by molar-refractivity contribution is -0.116. The van der Waals surface area contributed by atoms with Crippen LogP contribution in [0, 0.1) is 6.92 Å². The zero-order chi connectivity index (χ0) is 16.1. The molecule has 0 saturated heterocycles. The van der Waals surface area contributed by atoms with Crippen LogP contribution in [0.4, 0.5) is 5.69 Å². The van der Waals surface area contributed by atoms with Crippen molar-refractivity contribution in [3.63, 3.8) is 0 Å². The van der Waals surface area contributed by atoms with Crippen molar-refractivity contribution in [3.05, 3.63) is 71.9 Å². The zero-order valence-corrected chi connectivity index (χ0v) is 13.3. The Morgan fingerprint density at radius 1 is 1.00 bits per heavy atom. The van der Waals surface area contributed by atoms with E-state index in [4.69, 9.17) is 0 Å². The molecule has 0 saturated carbocycles. The molecule has 3 rings (SSSR count). The molecule has 2 aromatic carbocycles. The molecule has 1 amide bonds. The van der Waals surface area contributed by atoms with Crippen LogP contribution in [0.2, 0.25) is 0 Å². The normalized spacial score (nSPS) is 10.7. The SMILES string of the molecule is Cc1ccc2c(NC(=O)CCCc3ccccc3)cccc2n1. The first-order valence-corrected chi connectivity index (χ1v) is 7.92. The van der Waals surface area contributed by atoms with Crippen molar-refractivity contribution >= 4 is 22.5 Å². The van der Waals surface area contributed by atoms with Crippen LogP contribution < -0.4 is 5.32 Å². The number of carbonyl (C=O) groups excluding carboxylic acids is 1. The van der Waals surface area contributed by atoms with Gasteiger partial charge in [-0.3, -0.25) is 9.78 Å². The second kappa shape index (κ2) is 7.05. The molecule has 0 radical (unpaired) electrons. The number of rotatable bonds is 5. The minimum absolute atomic E-state index is 0.0500. The molecule has 0 atom stereocenters. The molecular formula is C20H20N2O. The summed E-state index contributed by atoms with van der Waals surface area (Å²) in [6, 6.07) is 20.0. The lowest BCUT2D eigenvalue weighted by atomic mass is 10.1. The van der Waals surface area contributed by atoms with E-state index in [1.54, 1.807) is 0 Å². The van der Waals surface area contributed by atoms with Crippen molar-refractivity contribution in [2.24, 2.45) is 0 Å². The third-order valence-electron chi connectivity index (χ3n) is 3.86. The summed E-state index contributed by atoms with van der Waals surface area (Å²) in [5.74, 6) is 0.0500. The Morgan fingerprint density at radius 3 is 2.65 bits per heavy atom. The summed E-state index contributed by atoms with van der Waals surface area (Å²) in [6.07, 6.45) is 2.28. The van der Waals surface area contributed by atoms with Gasteiger partial charge in [-0.2, -0.15) is 0 Å². The molecule has 0 aliphatic rings. The van der Waals surface area contributed by atoms with Crippen molar-refractivity contribution < 1.29 is 4.79 Å². The maximum absolute atomic E-state index is 12.2. The molecule has 3 nitrogen and oxygen atoms in total. The van der Waals surface area contributed by atoms with Crippen molar-refractivity contribution in [1.82, 2.24) is 4.98 Å². The summed E-state index contributed by atoms with van der Waals surface area (Å²) in [7, 11) is 0. The predicted octanol–water partition coefficient (Wildman–Crippen LogP) is 4.50. The van der Waals surface area contributed by atoms with Crippen molar-refractivity contribution in [2.75, 3.05) is 5.32 Å². The Labute approximate surface area is 136 Å². The number of amides is 1. The van der Waals surface area contributed by atoms with Gasteiger partial charge in [0.05, 0.1) is 11.2 Å². The number of nitrogens with one attached hydrogen (secondary N) is 1. The number of hydrogen-bond donors (Lipinski definition) is 1. The van der Waals surface area contributed by atoms with E-state index >= 15 is 0 Å². The highest BCUT2D eigenvalue weighted by atomic mass is 16.1. The number of carbonyl (C=O) groups is 1. The first-order chi connectivity index (χ1) is 11.2. The fraction of sp³-hybridized carbons (Fsp3) is 0.200. The number of nitrogens with zero attached hydrogens (tertiary/aromatic N) is 1. The van der Waals surface area contributed by atoms with E-state index in [2.05, 4.69) is 22.4 Å². The molecule has 0 bridgehead atoms. The second-order valence-corrected chi connectivity index (χ2v) is 5.71. The second-order valence-electron chi connectivity index (χ2n) is 5.71. The van der Waals surface area contributed by atoms with Gasteiger partial charge in [-0.15, -0.1) is 0 Å². The monoisotopic (exact) mass is 304 g/mol. The van der Waals surface area contributed by atoms with Gasteiger partial charge in [0.2, 0.25) is 5.91 Å². The molecular weight excluding hydrogens is 284 g/mol. The van der Waals surface area contributed by atoms with Crippen LogP contribution in [0.1, 0.15) is 24.1 Å². The van der Waals surface area contributed by atoms with Gasteiger partial charge >= 0.3 is 0 Å². The number of hydrogen-bond acceptors (Lipinski definition) is 2. The maximum Gasteiger partial charge on any atom is 0.224 e. The average molecular weight is 304 g/mol. The highest BCUT2D eigenvalue weighted by Gasteiger charge is 2.06. The lowest BCUT2D eigenvalue weighted by Crippen LogP contribution is -2.11. The quantitative estimate of drug-likeness (QED) is 0.754. The smallest absolute Gasteiger partial charge is 0.224 e. The summed E-state index contributed by atoms with van der Waals surface area (Å²) in [5.41, 5.74) is 3.99. The van der Waals surface area contributed by atoms with E-state index in [-0.39, 0.29) is 5.91 Å². The van der Waals surface area contributed by atoms with E-state index in [1.165, 1.54) is 5.56 Å². The summed E-state index contributed by atoms with van der Waals surface area (Å²) in [5, 5.41) is 3.99. The number of anilines is 1. The minimum atomic E-state index is 0.0500. The van der Waals surface area contributed by atoms with E-state index in [9.17, 15) is 4.79 Å². The molecule has 0 fully saturated rings. The average Bonchev–Trinajstić information content (AvgIpc) is 2.56. The number of pyridine rings is 1. The lowest BCUT2D eigenvalue weighted by Gasteiger charge is -2.09. The molecule has 116 valence electrons. The third kappa shape index (κ3) is 3.95. The van der Waals surface area contributed by atoms with Gasteiger partial charge < -0.3 is 5.32 Å². The Hall–Kier alpha value is -2.68. The summed E-state index contributed by atoms with van der Waals surface area (Å²) >= 11 is 0. The van der Waals surface area contributed by atoms with Crippen LogP contribution in [0.3, 0.4) is 0 Å². The number of benzene rings is 2. The molecule has 1 aromatic heterocycles. The van der Waals surface area contributed by atoms with E-state index in [0.29, 0.717) is 6.42 Å². The Balaban J connectivity index is 1.62. The molecule has 0 unspecified atom stereocenters. The van der Waals surface area contributed by atoms with Crippen molar-refractivity contribution in [2.45, 2.75) is 26.2 Å². The maximum atomic E-state index is 12.2. The van der Waals surface area contributed by atoms with Crippen LogP contribution >= 0.6 is 0 Å². The van der Waals surface area contributed by atoms with E-state index in [0.717, 1.165) is 35.1 Å². The van der Waals surface area contributed by atoms with Crippen LogP contribution in [0.5, 0.6) is 0 Å². The molecule has 0 aliphatic heterocycles. The molecule has 1 heterocycles. The fourth-order valence-corrected chi connectivity index (χ4v) is 2.68. The van der Waals surface area contributed by atoms with Crippen LogP contribution in [0.15, 0.2) is 60.7 Å². The summed E-state index contributed by atoms with van der Waals surface area (Å²) in [6.45, 7) is 1.97. The van der Waals surface area contributed by atoms with Crippen molar-refractivity contribution in [3.8, 4) is 0 Å². The van der Waals surface area contributed by atoms with Gasteiger partial charge in [-0.1, -0.05) is 36.4 Å². The van der Waals surface area contributed by atoms with Crippen LogP contribution in [-0.2, 0) is 11.2 Å². The van der Waals surface area contributed by atoms with E-state index in [1.807, 2.05) is 55.5 Å². The largest absolute Gasteiger partial charge is 0.325 e. The highest BCUT2D eigenvalue weighted by Crippen LogP contribution is 2.22. The van der Waals surface area contributed by atoms with Crippen LogP contribution in [-0.4, -0.2) is 10.9 Å². The van der Waals surface area contributed by atoms with Crippen LogP contribution in [0.25, 0.3) is 10.9 Å². The molecule has 3 heteroatoms. The van der Waals surface area contributed by atoms with Gasteiger partial charge in [-0.05, 0) is 49.6 Å². The van der Waals surface area contributed by atoms with Gasteiger partial charge in [0, 0.05) is 17.5 Å². The Bertz CT molecular complexity index is 812. The highest BCUT2D eigenvalue weighted by molar-refractivity contribution is 6.00. The summed E-state index contributed by atoms with van der Waals surface area (Å²) < 4.78 is 0. The first kappa shape index (κ1) is 15.2. The van der Waals surface area contributed by atoms with Crippen molar-refractivity contribution in [1.29, 1.82) is 0 Å². The third-order valence-corrected chi connectivity index (χ3v) is 3.86. The molecule has 0 spiro atoms. The topological polar surface area (TPSA) is 42.0 Å². The van der Waals surface area contributed by atoms with Gasteiger partial charge in [0.25, 0.3) is 0 Å².